The summed E-state index contributed by atoms with van der Waals surface area (Å²) in [6.45, 7) is 0.246. The van der Waals surface area contributed by atoms with E-state index < -0.39 is 23.5 Å². The van der Waals surface area contributed by atoms with E-state index >= 15 is 0 Å². The number of likely N-dealkylation sites (tertiary alicyclic amines) is 1. The number of hydrogen-bond donors (Lipinski definition) is 2. The van der Waals surface area contributed by atoms with Gasteiger partial charge in [0.1, 0.15) is 17.8 Å². The summed E-state index contributed by atoms with van der Waals surface area (Å²) in [5, 5.41) is 16.6. The molecule has 1 unspecified atom stereocenters. The molecule has 6 nitrogen and oxygen atoms in total. The molecule has 1 saturated heterocycles. The number of carbonyl (C=O) groups excluding carboxylic acids is 1. The Bertz CT molecular complexity index is 529. The zero-order chi connectivity index (χ0) is 15.8. The lowest BCUT2D eigenvalue weighted by molar-refractivity contribution is -0.203. The number of H-pyrrole nitrogens is 1. The maximum atomic E-state index is 14.6. The highest BCUT2D eigenvalue weighted by molar-refractivity contribution is 5.85. The molecule has 2 N–H and O–H groups in total. The molecule has 0 aromatic carbocycles. The molecule has 1 saturated carbocycles. The third-order valence-corrected chi connectivity index (χ3v) is 4.80. The van der Waals surface area contributed by atoms with Gasteiger partial charge in [0.2, 0.25) is 0 Å². The molecular formula is C14H20F2N4O2. The second-order valence-electron chi connectivity index (χ2n) is 6.19. The first-order valence-corrected chi connectivity index (χ1v) is 7.72. The van der Waals surface area contributed by atoms with Crippen molar-refractivity contribution in [1.29, 1.82) is 0 Å². The van der Waals surface area contributed by atoms with E-state index in [9.17, 15) is 18.7 Å². The molecule has 1 aliphatic carbocycles. The van der Waals surface area contributed by atoms with Gasteiger partial charge in [-0.05, 0) is 32.1 Å². The summed E-state index contributed by atoms with van der Waals surface area (Å²) >= 11 is 0. The number of rotatable bonds is 3. The van der Waals surface area contributed by atoms with Crippen LogP contribution in [-0.2, 0) is 4.79 Å². The molecule has 1 aromatic rings. The summed E-state index contributed by atoms with van der Waals surface area (Å²) in [6.07, 6.45) is 4.34. The van der Waals surface area contributed by atoms with E-state index in [0.29, 0.717) is 31.5 Å². The van der Waals surface area contributed by atoms with Crippen LogP contribution in [0.4, 0.5) is 8.78 Å². The first-order chi connectivity index (χ1) is 10.5. The van der Waals surface area contributed by atoms with Crippen LogP contribution in [0.5, 0.6) is 0 Å². The Hall–Kier alpha value is -1.57. The maximum Gasteiger partial charge on any atom is 0.352 e. The van der Waals surface area contributed by atoms with Gasteiger partial charge < -0.3 is 10.0 Å². The maximum absolute atomic E-state index is 14.6. The zero-order valence-corrected chi connectivity index (χ0v) is 12.3. The third-order valence-electron chi connectivity index (χ3n) is 4.80. The van der Waals surface area contributed by atoms with Crippen LogP contribution in [0.3, 0.4) is 0 Å². The number of nitrogens with one attached hydrogen (secondary N) is 1. The van der Waals surface area contributed by atoms with Crippen molar-refractivity contribution in [1.82, 2.24) is 20.1 Å². The van der Waals surface area contributed by atoms with Gasteiger partial charge in [0.15, 0.2) is 0 Å². The molecule has 8 heteroatoms. The van der Waals surface area contributed by atoms with Gasteiger partial charge in [-0.25, -0.2) is 4.98 Å². The van der Waals surface area contributed by atoms with Gasteiger partial charge in [-0.1, -0.05) is 12.8 Å². The Morgan fingerprint density at radius 2 is 2.09 bits per heavy atom. The second-order valence-corrected chi connectivity index (χ2v) is 6.19. The van der Waals surface area contributed by atoms with Gasteiger partial charge in [-0.3, -0.25) is 9.89 Å². The van der Waals surface area contributed by atoms with Gasteiger partial charge >= 0.3 is 5.92 Å². The van der Waals surface area contributed by atoms with E-state index in [-0.39, 0.29) is 19.4 Å². The summed E-state index contributed by atoms with van der Waals surface area (Å²) in [5.41, 5.74) is -2.21. The van der Waals surface area contributed by atoms with Gasteiger partial charge in [-0.2, -0.15) is 13.9 Å². The molecule has 2 aliphatic rings. The van der Waals surface area contributed by atoms with E-state index in [2.05, 4.69) is 15.2 Å². The first-order valence-electron chi connectivity index (χ1n) is 7.72. The van der Waals surface area contributed by atoms with Gasteiger partial charge in [0, 0.05) is 6.54 Å². The van der Waals surface area contributed by atoms with E-state index in [1.807, 2.05) is 0 Å². The summed E-state index contributed by atoms with van der Waals surface area (Å²) in [6, 6.07) is -0.528. The minimum Gasteiger partial charge on any atom is -0.383 e. The van der Waals surface area contributed by atoms with E-state index in [0.717, 1.165) is 11.3 Å². The van der Waals surface area contributed by atoms with Crippen LogP contribution in [0.25, 0.3) is 0 Å². The quantitative estimate of drug-likeness (QED) is 0.891. The number of aromatic amines is 1. The molecule has 1 atom stereocenters. The van der Waals surface area contributed by atoms with Crippen molar-refractivity contribution < 1.29 is 18.7 Å². The van der Waals surface area contributed by atoms with Crippen LogP contribution in [0.1, 0.15) is 56.8 Å². The van der Waals surface area contributed by atoms with Crippen LogP contribution in [0, 0.1) is 0 Å². The fraction of sp³-hybridized carbons (Fsp3) is 0.786. The number of nitrogens with zero attached hydrogens (tertiary/aromatic N) is 3. The lowest BCUT2D eigenvalue weighted by Gasteiger charge is -2.40. The van der Waals surface area contributed by atoms with Crippen LogP contribution < -0.4 is 0 Å². The van der Waals surface area contributed by atoms with Crippen molar-refractivity contribution >= 4 is 5.91 Å². The molecule has 3 rings (SSSR count). The predicted octanol–water partition coefficient (Wildman–Crippen LogP) is 1.80. The van der Waals surface area contributed by atoms with Crippen molar-refractivity contribution in [2.24, 2.45) is 0 Å². The Morgan fingerprint density at radius 3 is 2.73 bits per heavy atom. The minimum atomic E-state index is -3.76. The molecule has 0 radical (unpaired) electrons. The first kappa shape index (κ1) is 15.3. The average molecular weight is 314 g/mol. The molecule has 0 bridgehead atoms. The molecule has 1 aromatic heterocycles. The van der Waals surface area contributed by atoms with E-state index in [1.54, 1.807) is 0 Å². The minimum absolute atomic E-state index is 0.0352. The van der Waals surface area contributed by atoms with Crippen LogP contribution in [-0.4, -0.2) is 49.2 Å². The average Bonchev–Trinajstić information content (AvgIpc) is 3.18. The molecule has 2 fully saturated rings. The van der Waals surface area contributed by atoms with Gasteiger partial charge in [-0.15, -0.1) is 0 Å². The summed E-state index contributed by atoms with van der Waals surface area (Å²) in [5.74, 6) is -4.64. The molecule has 1 aliphatic heterocycles. The number of hydrogen-bond acceptors (Lipinski definition) is 4. The van der Waals surface area contributed by atoms with Gasteiger partial charge in [0.25, 0.3) is 5.91 Å². The van der Waals surface area contributed by atoms with Crippen molar-refractivity contribution in [2.75, 3.05) is 6.54 Å². The second kappa shape index (κ2) is 5.57. The van der Waals surface area contributed by atoms with Crippen molar-refractivity contribution in [3.8, 4) is 0 Å². The molecule has 1 amide bonds. The Balaban J connectivity index is 1.85. The number of alkyl halides is 2. The van der Waals surface area contributed by atoms with Gasteiger partial charge in [0.05, 0.1) is 6.04 Å². The smallest absolute Gasteiger partial charge is 0.352 e. The highest BCUT2D eigenvalue weighted by Crippen LogP contribution is 2.44. The molecule has 2 heterocycles. The predicted molar refractivity (Wildman–Crippen MR) is 73.1 cm³/mol. The molecule has 22 heavy (non-hydrogen) atoms. The van der Waals surface area contributed by atoms with Crippen molar-refractivity contribution in [3.05, 3.63) is 12.2 Å². The lowest BCUT2D eigenvalue weighted by Crippen LogP contribution is -2.58. The van der Waals surface area contributed by atoms with Crippen LogP contribution in [0.15, 0.2) is 6.33 Å². The van der Waals surface area contributed by atoms with Crippen LogP contribution >= 0.6 is 0 Å². The van der Waals surface area contributed by atoms with E-state index in [4.69, 9.17) is 0 Å². The number of piperidine rings is 1. The highest BCUT2D eigenvalue weighted by atomic mass is 19.3. The zero-order valence-electron chi connectivity index (χ0n) is 12.3. The monoisotopic (exact) mass is 314 g/mol. The molecular weight excluding hydrogens is 294 g/mol. The lowest BCUT2D eigenvalue weighted by atomic mass is 9.91. The SMILES string of the molecule is O=C(N1CCCCC1c1ncn[nH]1)C(F)(F)C1(O)CCCC1. The Labute approximate surface area is 126 Å². The number of aromatic nitrogens is 3. The number of carbonyl (C=O) groups is 1. The fourth-order valence-corrected chi connectivity index (χ4v) is 3.49. The number of halogens is 2. The molecule has 122 valence electrons. The highest BCUT2D eigenvalue weighted by Gasteiger charge is 2.61. The van der Waals surface area contributed by atoms with E-state index in [1.165, 1.54) is 6.33 Å². The normalized spacial score (nSPS) is 25.4. The number of amides is 1. The fourth-order valence-electron chi connectivity index (χ4n) is 3.49. The van der Waals surface area contributed by atoms with Crippen molar-refractivity contribution in [3.63, 3.8) is 0 Å². The summed E-state index contributed by atoms with van der Waals surface area (Å²) in [4.78, 5) is 17.6. The third kappa shape index (κ3) is 2.39. The topological polar surface area (TPSA) is 82.1 Å². The number of aliphatic hydroxyl groups is 1. The Morgan fingerprint density at radius 1 is 1.36 bits per heavy atom. The van der Waals surface area contributed by atoms with Crippen molar-refractivity contribution in [2.45, 2.75) is 62.5 Å². The summed E-state index contributed by atoms with van der Waals surface area (Å²) < 4.78 is 29.2. The Kier molecular flexibility index (Phi) is 3.88. The van der Waals surface area contributed by atoms with Crippen LogP contribution in [0.2, 0.25) is 0 Å². The largest absolute Gasteiger partial charge is 0.383 e. The molecule has 0 spiro atoms. The summed E-state index contributed by atoms with van der Waals surface area (Å²) in [7, 11) is 0. The standard InChI is InChI=1S/C14H20F2N4O2/c15-14(16,13(22)6-2-3-7-13)12(21)20-8-4-1-5-10(20)11-17-9-18-19-11/h9-10,22H,1-8H2,(H,17,18,19).